The van der Waals surface area contributed by atoms with E-state index in [-0.39, 0.29) is 24.1 Å². The molecule has 0 amide bonds. The maximum absolute atomic E-state index is 11.9. The molecule has 0 saturated carbocycles. The van der Waals surface area contributed by atoms with E-state index in [1.807, 2.05) is 0 Å². The topological polar surface area (TPSA) is 23.5 Å². The molecule has 0 aromatic heterocycles. The Morgan fingerprint density at radius 3 is 2.75 bits per heavy atom. The van der Waals surface area contributed by atoms with Crippen molar-refractivity contribution in [2.45, 2.75) is 24.8 Å². The van der Waals surface area contributed by atoms with Crippen LogP contribution in [-0.4, -0.2) is 47.5 Å². The third kappa shape index (κ3) is 5.96. The number of nitrogens with zero attached hydrogens (tertiary/aromatic N) is 1. The number of halogens is 3. The molecule has 1 heterocycles. The first-order valence-corrected chi connectivity index (χ1v) is 6.54. The molecule has 1 aliphatic rings. The number of hydrogen-bond donors (Lipinski definition) is 1. The number of alkyl halides is 3. The number of piperidine rings is 1. The van der Waals surface area contributed by atoms with Crippen molar-refractivity contribution < 1.29 is 18.3 Å². The maximum atomic E-state index is 11.9. The molecule has 1 fully saturated rings. The van der Waals surface area contributed by atoms with Crippen molar-refractivity contribution in [1.82, 2.24) is 4.90 Å². The molecule has 0 radical (unpaired) electrons. The van der Waals surface area contributed by atoms with Gasteiger partial charge in [0.2, 0.25) is 0 Å². The molecule has 1 atom stereocenters. The molecule has 1 saturated heterocycles. The van der Waals surface area contributed by atoms with Gasteiger partial charge in [-0.05, 0) is 43.5 Å². The van der Waals surface area contributed by atoms with Gasteiger partial charge < -0.3 is 10.0 Å². The number of likely N-dealkylation sites (tertiary alicyclic amines) is 1. The van der Waals surface area contributed by atoms with Crippen LogP contribution < -0.4 is 0 Å². The van der Waals surface area contributed by atoms with Crippen LogP contribution in [0.15, 0.2) is 0 Å². The summed E-state index contributed by atoms with van der Waals surface area (Å²) in [6.07, 6.45) is 2.88. The highest BCUT2D eigenvalue weighted by Gasteiger charge is 2.28. The summed E-state index contributed by atoms with van der Waals surface area (Å²) in [5.41, 5.74) is -4.11. The molecular formula is C10H18F3NOS. The van der Waals surface area contributed by atoms with Crippen LogP contribution in [0.1, 0.15) is 19.3 Å². The van der Waals surface area contributed by atoms with Gasteiger partial charge in [0.1, 0.15) is 0 Å². The Hall–Kier alpha value is 0.0600. The smallest absolute Gasteiger partial charge is 0.396 e. The van der Waals surface area contributed by atoms with Crippen LogP contribution in [0.4, 0.5) is 13.2 Å². The van der Waals surface area contributed by atoms with Crippen LogP contribution in [0, 0.1) is 5.92 Å². The minimum absolute atomic E-state index is 0.0508. The van der Waals surface area contributed by atoms with Gasteiger partial charge in [0.15, 0.2) is 0 Å². The van der Waals surface area contributed by atoms with Gasteiger partial charge in [0.25, 0.3) is 0 Å². The molecule has 1 aliphatic heterocycles. The number of thioether (sulfide) groups is 1. The van der Waals surface area contributed by atoms with Crippen molar-refractivity contribution in [3.63, 3.8) is 0 Å². The Bertz CT molecular complexity index is 199. The lowest BCUT2D eigenvalue weighted by Crippen LogP contribution is -2.37. The maximum Gasteiger partial charge on any atom is 0.441 e. The Labute approximate surface area is 98.2 Å². The van der Waals surface area contributed by atoms with Gasteiger partial charge in [-0.25, -0.2) is 0 Å². The molecule has 96 valence electrons. The van der Waals surface area contributed by atoms with Gasteiger partial charge in [-0.1, -0.05) is 0 Å². The fraction of sp³-hybridized carbons (Fsp3) is 1.00. The summed E-state index contributed by atoms with van der Waals surface area (Å²) >= 11 is 0.0508. The van der Waals surface area contributed by atoms with Crippen molar-refractivity contribution in [1.29, 1.82) is 0 Å². The summed E-state index contributed by atoms with van der Waals surface area (Å²) in [5, 5.41) is 8.82. The minimum Gasteiger partial charge on any atom is -0.396 e. The molecule has 16 heavy (non-hydrogen) atoms. The molecule has 0 aromatic rings. The first-order chi connectivity index (χ1) is 7.51. The molecule has 6 heteroatoms. The molecule has 1 unspecified atom stereocenters. The lowest BCUT2D eigenvalue weighted by Gasteiger charge is -2.32. The van der Waals surface area contributed by atoms with Crippen molar-refractivity contribution in [2.24, 2.45) is 5.92 Å². The van der Waals surface area contributed by atoms with Gasteiger partial charge in [0.05, 0.1) is 0 Å². The predicted octanol–water partition coefficient (Wildman–Crippen LogP) is 2.33. The Kier molecular flexibility index (Phi) is 5.92. The van der Waals surface area contributed by atoms with E-state index in [9.17, 15) is 13.2 Å². The Balaban J connectivity index is 2.16. The zero-order valence-corrected chi connectivity index (χ0v) is 9.99. The molecule has 2 nitrogen and oxygen atoms in total. The quantitative estimate of drug-likeness (QED) is 0.817. The average molecular weight is 257 g/mol. The van der Waals surface area contributed by atoms with Gasteiger partial charge in [-0.15, -0.1) is 0 Å². The molecule has 1 N–H and O–H groups in total. The summed E-state index contributed by atoms with van der Waals surface area (Å²) < 4.78 is 35.8. The summed E-state index contributed by atoms with van der Waals surface area (Å²) in [5.74, 6) is 0.560. The molecular weight excluding hydrogens is 239 g/mol. The first kappa shape index (κ1) is 14.1. The second-order valence-electron chi connectivity index (χ2n) is 4.12. The summed E-state index contributed by atoms with van der Waals surface area (Å²) in [6, 6.07) is 0. The van der Waals surface area contributed by atoms with E-state index >= 15 is 0 Å². The molecule has 1 rings (SSSR count). The van der Waals surface area contributed by atoms with E-state index in [0.29, 0.717) is 12.5 Å². The first-order valence-electron chi connectivity index (χ1n) is 5.55. The van der Waals surface area contributed by atoms with Crippen LogP contribution in [0.5, 0.6) is 0 Å². The van der Waals surface area contributed by atoms with Crippen LogP contribution >= 0.6 is 11.8 Å². The van der Waals surface area contributed by atoms with Crippen molar-refractivity contribution in [3.05, 3.63) is 0 Å². The van der Waals surface area contributed by atoms with E-state index in [0.717, 1.165) is 32.4 Å². The highest BCUT2D eigenvalue weighted by molar-refractivity contribution is 8.00. The molecule has 0 bridgehead atoms. The van der Waals surface area contributed by atoms with E-state index in [1.54, 1.807) is 0 Å². The SMILES string of the molecule is OCCC1CCCN(CCSC(F)(F)F)C1. The Morgan fingerprint density at radius 1 is 1.38 bits per heavy atom. The highest BCUT2D eigenvalue weighted by atomic mass is 32.2. The van der Waals surface area contributed by atoms with Crippen LogP contribution in [0.25, 0.3) is 0 Å². The fourth-order valence-corrected chi connectivity index (χ4v) is 2.64. The highest BCUT2D eigenvalue weighted by Crippen LogP contribution is 2.30. The van der Waals surface area contributed by atoms with Gasteiger partial charge in [0, 0.05) is 25.4 Å². The van der Waals surface area contributed by atoms with E-state index in [2.05, 4.69) is 4.90 Å². The fourth-order valence-electron chi connectivity index (χ4n) is 2.06. The van der Waals surface area contributed by atoms with E-state index < -0.39 is 5.51 Å². The number of aliphatic hydroxyl groups is 1. The lowest BCUT2D eigenvalue weighted by molar-refractivity contribution is -0.0329. The predicted molar refractivity (Wildman–Crippen MR) is 59.4 cm³/mol. The zero-order valence-electron chi connectivity index (χ0n) is 9.17. The summed E-state index contributed by atoms with van der Waals surface area (Å²) in [6.45, 7) is 2.39. The molecule has 0 aliphatic carbocycles. The van der Waals surface area contributed by atoms with E-state index in [1.165, 1.54) is 0 Å². The lowest BCUT2D eigenvalue weighted by atomic mass is 9.95. The zero-order chi connectivity index (χ0) is 12.0. The number of aliphatic hydroxyl groups excluding tert-OH is 1. The van der Waals surface area contributed by atoms with Gasteiger partial charge >= 0.3 is 5.51 Å². The van der Waals surface area contributed by atoms with E-state index in [4.69, 9.17) is 5.11 Å². The number of hydrogen-bond acceptors (Lipinski definition) is 3. The van der Waals surface area contributed by atoms with Crippen molar-refractivity contribution in [3.8, 4) is 0 Å². The van der Waals surface area contributed by atoms with Crippen molar-refractivity contribution >= 4 is 11.8 Å². The van der Waals surface area contributed by atoms with Gasteiger partial charge in [-0.3, -0.25) is 0 Å². The monoisotopic (exact) mass is 257 g/mol. The van der Waals surface area contributed by atoms with Crippen LogP contribution in [-0.2, 0) is 0 Å². The van der Waals surface area contributed by atoms with Crippen LogP contribution in [0.3, 0.4) is 0 Å². The summed E-state index contributed by atoms with van der Waals surface area (Å²) in [4.78, 5) is 2.07. The molecule has 0 aromatic carbocycles. The van der Waals surface area contributed by atoms with Crippen molar-refractivity contribution in [2.75, 3.05) is 32.0 Å². The number of rotatable bonds is 5. The molecule has 0 spiro atoms. The largest absolute Gasteiger partial charge is 0.441 e. The van der Waals surface area contributed by atoms with Crippen LogP contribution in [0.2, 0.25) is 0 Å². The Morgan fingerprint density at radius 2 is 2.12 bits per heavy atom. The summed E-state index contributed by atoms with van der Waals surface area (Å²) in [7, 11) is 0. The standard InChI is InChI=1S/C10H18F3NOS/c11-10(12,13)16-7-5-14-4-1-2-9(8-14)3-6-15/h9,15H,1-8H2. The average Bonchev–Trinajstić information content (AvgIpc) is 2.17. The second kappa shape index (κ2) is 6.71. The minimum atomic E-state index is -4.11. The third-order valence-corrected chi connectivity index (χ3v) is 3.53. The second-order valence-corrected chi connectivity index (χ2v) is 5.28. The third-order valence-electron chi connectivity index (χ3n) is 2.81. The van der Waals surface area contributed by atoms with Gasteiger partial charge in [-0.2, -0.15) is 13.2 Å². The normalized spacial score (nSPS) is 23.6.